The Bertz CT molecular complexity index is 991. The predicted octanol–water partition coefficient (Wildman–Crippen LogP) is 6.13. The maximum atomic E-state index is 6.43. The van der Waals surface area contributed by atoms with Gasteiger partial charge in [0.1, 0.15) is 5.82 Å². The van der Waals surface area contributed by atoms with Crippen molar-refractivity contribution in [2.45, 2.75) is 39.5 Å². The van der Waals surface area contributed by atoms with Gasteiger partial charge in [0.25, 0.3) is 0 Å². The molecule has 0 unspecified atom stereocenters. The van der Waals surface area contributed by atoms with Gasteiger partial charge in [0.2, 0.25) is 0 Å². The highest BCUT2D eigenvalue weighted by Gasteiger charge is 2.22. The molecule has 0 fully saturated rings. The quantitative estimate of drug-likeness (QED) is 0.573. The van der Waals surface area contributed by atoms with Crippen LogP contribution in [-0.2, 0) is 12.8 Å². The molecule has 2 heterocycles. The van der Waals surface area contributed by atoms with E-state index >= 15 is 0 Å². The monoisotopic (exact) mass is 399 g/mol. The molecule has 0 amide bonds. The van der Waals surface area contributed by atoms with Crippen LogP contribution < -0.4 is 5.32 Å². The molecule has 1 aliphatic heterocycles. The summed E-state index contributed by atoms with van der Waals surface area (Å²) in [5, 5.41) is 9.99. The Morgan fingerprint density at radius 3 is 2.74 bits per heavy atom. The Morgan fingerprint density at radius 1 is 1.07 bits per heavy atom. The second kappa shape index (κ2) is 7.57. The summed E-state index contributed by atoms with van der Waals surface area (Å²) in [7, 11) is 0. The Kier molecular flexibility index (Phi) is 5.16. The van der Waals surface area contributed by atoms with E-state index in [4.69, 9.17) is 28.3 Å². The Balaban J connectivity index is 1.83. The Hall–Kier alpha value is -1.97. The van der Waals surface area contributed by atoms with E-state index < -0.39 is 0 Å². The predicted molar refractivity (Wildman–Crippen MR) is 114 cm³/mol. The highest BCUT2D eigenvalue weighted by atomic mass is 35.5. The van der Waals surface area contributed by atoms with Crippen LogP contribution in [0.1, 0.15) is 40.8 Å². The van der Waals surface area contributed by atoms with Crippen LogP contribution in [0.2, 0.25) is 10.0 Å². The smallest absolute Gasteiger partial charge is 0.133 e. The highest BCUT2D eigenvalue weighted by Crippen LogP contribution is 2.32. The van der Waals surface area contributed by atoms with Crippen molar-refractivity contribution in [3.8, 4) is 5.69 Å². The van der Waals surface area contributed by atoms with Crippen LogP contribution in [0.3, 0.4) is 0 Å². The molecular weight excluding hydrogens is 377 g/mol. The van der Waals surface area contributed by atoms with E-state index in [1.807, 2.05) is 12.1 Å². The topological polar surface area (TPSA) is 29.9 Å². The number of nitrogens with one attached hydrogen (secondary N) is 1. The second-order valence-corrected chi connectivity index (χ2v) is 8.12. The summed E-state index contributed by atoms with van der Waals surface area (Å²) in [6, 6.07) is 12.2. The molecule has 3 nitrogen and oxygen atoms in total. The minimum atomic E-state index is 0.658. The average Bonchev–Trinajstić information content (AvgIpc) is 2.80. The molecule has 0 saturated heterocycles. The molecule has 140 valence electrons. The van der Waals surface area contributed by atoms with E-state index in [-0.39, 0.29) is 0 Å². The Morgan fingerprint density at radius 2 is 1.93 bits per heavy atom. The molecule has 0 saturated carbocycles. The summed E-state index contributed by atoms with van der Waals surface area (Å²) >= 11 is 12.5. The van der Waals surface area contributed by atoms with Gasteiger partial charge in [0.05, 0.1) is 11.4 Å². The molecule has 5 heteroatoms. The normalized spacial score (nSPS) is 13.8. The molecule has 2 aromatic carbocycles. The van der Waals surface area contributed by atoms with Crippen LogP contribution >= 0.6 is 23.2 Å². The SMILES string of the molecule is Cc1ccc(C)c(-n2nc(Cc3ccc(Cl)cc3Cl)c3c2NCCCC3)c1. The lowest BCUT2D eigenvalue weighted by atomic mass is 10.0. The largest absolute Gasteiger partial charge is 0.370 e. The first-order valence-electron chi connectivity index (χ1n) is 9.39. The lowest BCUT2D eigenvalue weighted by Crippen LogP contribution is -2.08. The van der Waals surface area contributed by atoms with Gasteiger partial charge in [-0.1, -0.05) is 41.4 Å². The van der Waals surface area contributed by atoms with E-state index in [0.29, 0.717) is 16.5 Å². The maximum Gasteiger partial charge on any atom is 0.133 e. The van der Waals surface area contributed by atoms with Crippen molar-refractivity contribution in [2.24, 2.45) is 0 Å². The number of fused-ring (bicyclic) bond motifs is 1. The van der Waals surface area contributed by atoms with Crippen molar-refractivity contribution < 1.29 is 0 Å². The van der Waals surface area contributed by atoms with Crippen molar-refractivity contribution in [3.63, 3.8) is 0 Å². The van der Waals surface area contributed by atoms with Crippen LogP contribution in [0, 0.1) is 13.8 Å². The van der Waals surface area contributed by atoms with Crippen molar-refractivity contribution >= 4 is 29.0 Å². The number of aryl methyl sites for hydroxylation is 2. The van der Waals surface area contributed by atoms with Crippen molar-refractivity contribution in [2.75, 3.05) is 11.9 Å². The highest BCUT2D eigenvalue weighted by molar-refractivity contribution is 6.35. The molecule has 0 spiro atoms. The van der Waals surface area contributed by atoms with Gasteiger partial charge in [0, 0.05) is 28.6 Å². The summed E-state index contributed by atoms with van der Waals surface area (Å²) in [6.45, 7) is 5.23. The minimum Gasteiger partial charge on any atom is -0.370 e. The third-order valence-corrected chi connectivity index (χ3v) is 5.77. The van der Waals surface area contributed by atoms with Crippen molar-refractivity contribution in [3.05, 3.63) is 74.4 Å². The molecule has 1 aliphatic rings. The van der Waals surface area contributed by atoms with Gasteiger partial charge < -0.3 is 5.32 Å². The molecule has 1 aromatic heterocycles. The zero-order valence-corrected chi connectivity index (χ0v) is 17.2. The third kappa shape index (κ3) is 3.71. The molecule has 0 bridgehead atoms. The van der Waals surface area contributed by atoms with Gasteiger partial charge in [-0.15, -0.1) is 0 Å². The fraction of sp³-hybridized carbons (Fsp3) is 0.318. The summed E-state index contributed by atoms with van der Waals surface area (Å²) in [4.78, 5) is 0. The van der Waals surface area contributed by atoms with Gasteiger partial charge in [-0.05, 0) is 68.0 Å². The number of hydrogen-bond donors (Lipinski definition) is 1. The lowest BCUT2D eigenvalue weighted by Gasteiger charge is -2.12. The van der Waals surface area contributed by atoms with Crippen LogP contribution in [0.4, 0.5) is 5.82 Å². The summed E-state index contributed by atoms with van der Waals surface area (Å²) < 4.78 is 2.09. The first kappa shape index (κ1) is 18.4. The molecule has 0 radical (unpaired) electrons. The van der Waals surface area contributed by atoms with Crippen LogP contribution in [-0.4, -0.2) is 16.3 Å². The number of nitrogens with zero attached hydrogens (tertiary/aromatic N) is 2. The fourth-order valence-corrected chi connectivity index (χ4v) is 4.16. The van der Waals surface area contributed by atoms with Crippen molar-refractivity contribution in [1.29, 1.82) is 0 Å². The molecule has 3 aromatic rings. The molecule has 1 N–H and O–H groups in total. The molecule has 0 aliphatic carbocycles. The van der Waals surface area contributed by atoms with E-state index in [0.717, 1.165) is 35.7 Å². The van der Waals surface area contributed by atoms with E-state index in [1.165, 1.54) is 29.5 Å². The van der Waals surface area contributed by atoms with Gasteiger partial charge in [-0.3, -0.25) is 0 Å². The first-order chi connectivity index (χ1) is 13.0. The standard InChI is InChI=1S/C22H23Cl2N3/c1-14-6-7-15(2)21(11-14)27-22-18(5-3-4-10-25-22)20(26-27)12-16-8-9-17(23)13-19(16)24/h6-9,11,13,25H,3-5,10,12H2,1-2H3. The Labute approximate surface area is 170 Å². The third-order valence-electron chi connectivity index (χ3n) is 5.18. The average molecular weight is 400 g/mol. The minimum absolute atomic E-state index is 0.658. The maximum absolute atomic E-state index is 6.43. The fourth-order valence-electron chi connectivity index (χ4n) is 3.68. The van der Waals surface area contributed by atoms with Crippen molar-refractivity contribution in [1.82, 2.24) is 9.78 Å². The van der Waals surface area contributed by atoms with Crippen LogP contribution in [0.15, 0.2) is 36.4 Å². The van der Waals surface area contributed by atoms with Gasteiger partial charge >= 0.3 is 0 Å². The molecular formula is C22H23Cl2N3. The molecule has 4 rings (SSSR count). The van der Waals surface area contributed by atoms with Crippen LogP contribution in [0.25, 0.3) is 5.69 Å². The molecule has 0 atom stereocenters. The van der Waals surface area contributed by atoms with E-state index in [2.05, 4.69) is 42.0 Å². The summed E-state index contributed by atoms with van der Waals surface area (Å²) in [5.74, 6) is 1.13. The van der Waals surface area contributed by atoms with Crippen LogP contribution in [0.5, 0.6) is 0 Å². The molecule has 27 heavy (non-hydrogen) atoms. The van der Waals surface area contributed by atoms with E-state index in [1.54, 1.807) is 6.07 Å². The zero-order valence-electron chi connectivity index (χ0n) is 15.6. The number of rotatable bonds is 3. The summed E-state index contributed by atoms with van der Waals surface area (Å²) in [6.07, 6.45) is 4.08. The number of hydrogen-bond acceptors (Lipinski definition) is 2. The number of anilines is 1. The van der Waals surface area contributed by atoms with E-state index in [9.17, 15) is 0 Å². The second-order valence-electron chi connectivity index (χ2n) is 7.27. The zero-order chi connectivity index (χ0) is 19.0. The first-order valence-corrected chi connectivity index (χ1v) is 10.1. The van der Waals surface area contributed by atoms with Gasteiger partial charge in [-0.2, -0.15) is 5.10 Å². The number of halogens is 2. The lowest BCUT2D eigenvalue weighted by molar-refractivity contribution is 0.766. The number of aromatic nitrogens is 2. The summed E-state index contributed by atoms with van der Waals surface area (Å²) in [5.41, 5.74) is 7.03. The number of benzene rings is 2. The van der Waals surface area contributed by atoms with Gasteiger partial charge in [-0.25, -0.2) is 4.68 Å². The van der Waals surface area contributed by atoms with Gasteiger partial charge in [0.15, 0.2) is 0 Å².